The average Bonchev–Trinajstić information content (AvgIpc) is 3.14. The number of hydrogen-bond donors (Lipinski definition) is 0. The minimum absolute atomic E-state index is 0.110. The number of nitrogens with zero attached hydrogens (tertiary/aromatic N) is 2. The van der Waals surface area contributed by atoms with E-state index in [9.17, 15) is 4.79 Å². The topological polar surface area (TPSA) is 71.8 Å². The molecule has 0 saturated carbocycles. The van der Waals surface area contributed by atoms with E-state index in [4.69, 9.17) is 18.9 Å². The summed E-state index contributed by atoms with van der Waals surface area (Å²) in [7, 11) is 0. The molecule has 7 nitrogen and oxygen atoms in total. The summed E-state index contributed by atoms with van der Waals surface area (Å²) in [5, 5.41) is 0. The predicted octanol–water partition coefficient (Wildman–Crippen LogP) is 3.47. The molecule has 2 aliphatic rings. The van der Waals surface area contributed by atoms with Gasteiger partial charge in [-0.05, 0) is 42.4 Å². The first kappa shape index (κ1) is 21.8. The molecule has 2 aliphatic heterocycles. The monoisotopic (exact) mass is 428 g/mol. The Bertz CT molecular complexity index is 926. The highest BCUT2D eigenvalue weighted by molar-refractivity contribution is 5.31. The Balaban J connectivity index is 1.28. The summed E-state index contributed by atoms with van der Waals surface area (Å²) in [6.07, 6.45) is 5.12. The summed E-state index contributed by atoms with van der Waals surface area (Å²) in [5.74, 6) is 0.804. The third kappa shape index (κ3) is 5.66. The van der Waals surface area contributed by atoms with Crippen molar-refractivity contribution in [3.63, 3.8) is 0 Å². The maximum absolute atomic E-state index is 12.3. The summed E-state index contributed by atoms with van der Waals surface area (Å²) in [6.45, 7) is 8.74. The van der Waals surface area contributed by atoms with Crippen LogP contribution in [0, 0.1) is 0 Å². The fraction of sp³-hybridized carbons (Fsp3) is 0.583. The predicted molar refractivity (Wildman–Crippen MR) is 117 cm³/mol. The summed E-state index contributed by atoms with van der Waals surface area (Å²) in [4.78, 5) is 16.4. The van der Waals surface area contributed by atoms with Crippen molar-refractivity contribution in [1.29, 1.82) is 0 Å². The number of rotatable bonds is 7. The Morgan fingerprint density at radius 2 is 2.00 bits per heavy atom. The van der Waals surface area contributed by atoms with Gasteiger partial charge in [0, 0.05) is 24.8 Å². The summed E-state index contributed by atoms with van der Waals surface area (Å²) in [5.41, 5.74) is 1.74. The van der Waals surface area contributed by atoms with Gasteiger partial charge in [-0.3, -0.25) is 9.36 Å². The molecule has 1 aromatic heterocycles. The van der Waals surface area contributed by atoms with Crippen LogP contribution >= 0.6 is 0 Å². The number of benzene rings is 1. The van der Waals surface area contributed by atoms with Gasteiger partial charge >= 0.3 is 0 Å². The van der Waals surface area contributed by atoms with Crippen LogP contribution in [0.15, 0.2) is 35.3 Å². The van der Waals surface area contributed by atoms with Gasteiger partial charge < -0.3 is 18.9 Å². The van der Waals surface area contributed by atoms with Gasteiger partial charge in [0.15, 0.2) is 12.4 Å². The Kier molecular flexibility index (Phi) is 6.62. The van der Waals surface area contributed by atoms with Gasteiger partial charge in [0.25, 0.3) is 11.6 Å². The highest BCUT2D eigenvalue weighted by Crippen LogP contribution is 2.25. The molecule has 1 unspecified atom stereocenters. The molecule has 0 spiro atoms. The number of aromatic nitrogens is 2. The van der Waals surface area contributed by atoms with Crippen LogP contribution in [0.1, 0.15) is 51.2 Å². The molecule has 2 atom stereocenters. The molecule has 7 heteroatoms. The molecule has 2 aromatic rings. The fourth-order valence-corrected chi connectivity index (χ4v) is 3.79. The van der Waals surface area contributed by atoms with Gasteiger partial charge in [-0.1, -0.05) is 32.9 Å². The molecule has 0 amide bonds. The van der Waals surface area contributed by atoms with Crippen molar-refractivity contribution >= 4 is 0 Å². The lowest BCUT2D eigenvalue weighted by molar-refractivity contribution is -0.161. The van der Waals surface area contributed by atoms with E-state index in [0.29, 0.717) is 37.8 Å². The summed E-state index contributed by atoms with van der Waals surface area (Å²) < 4.78 is 24.9. The minimum atomic E-state index is -0.265. The minimum Gasteiger partial charge on any atom is -0.490 e. The Morgan fingerprint density at radius 1 is 1.19 bits per heavy atom. The van der Waals surface area contributed by atoms with Crippen LogP contribution in [-0.2, 0) is 27.9 Å². The van der Waals surface area contributed by atoms with Crippen molar-refractivity contribution in [2.45, 2.75) is 70.8 Å². The third-order valence-corrected chi connectivity index (χ3v) is 5.67. The Hall–Kier alpha value is -2.38. The first-order chi connectivity index (χ1) is 14.9. The molecular formula is C24H32N2O5. The van der Waals surface area contributed by atoms with E-state index in [2.05, 4.69) is 37.9 Å². The summed E-state index contributed by atoms with van der Waals surface area (Å²) in [6, 6.07) is 8.50. The lowest BCUT2D eigenvalue weighted by atomic mass is 9.87. The maximum atomic E-state index is 12.3. The number of ether oxygens (including phenoxy) is 4. The van der Waals surface area contributed by atoms with Crippen LogP contribution in [0.25, 0.3) is 0 Å². The van der Waals surface area contributed by atoms with E-state index in [0.717, 1.165) is 31.6 Å². The van der Waals surface area contributed by atoms with E-state index in [-0.39, 0.29) is 23.4 Å². The normalized spacial score (nSPS) is 20.9. The molecule has 0 N–H and O–H groups in total. The van der Waals surface area contributed by atoms with Gasteiger partial charge in [-0.25, -0.2) is 0 Å². The van der Waals surface area contributed by atoms with Gasteiger partial charge in [0.1, 0.15) is 12.4 Å². The average molecular weight is 429 g/mol. The standard InChI is InChI=1S/C24H32N2O5/c1-24(2,3)18-7-9-19(10-8-18)30-16-20-15-26-14-17(22(27)25-23(26)31-20)11-13-29-21-6-4-5-12-28-21/h7-10,14,20-21H,4-6,11-13,15-16H2,1-3H3/t20?,21-/m0/s1. The second kappa shape index (κ2) is 9.40. The highest BCUT2D eigenvalue weighted by Gasteiger charge is 2.25. The van der Waals surface area contributed by atoms with E-state index in [1.165, 1.54) is 5.56 Å². The first-order valence-corrected chi connectivity index (χ1v) is 11.1. The zero-order valence-corrected chi connectivity index (χ0v) is 18.6. The van der Waals surface area contributed by atoms with Crippen molar-refractivity contribution in [3.05, 3.63) is 51.9 Å². The fourth-order valence-electron chi connectivity index (χ4n) is 3.79. The van der Waals surface area contributed by atoms with Gasteiger partial charge in [0.2, 0.25) is 0 Å². The maximum Gasteiger partial charge on any atom is 0.300 e. The summed E-state index contributed by atoms with van der Waals surface area (Å²) >= 11 is 0. The van der Waals surface area contributed by atoms with Crippen molar-refractivity contribution in [2.24, 2.45) is 0 Å². The molecule has 3 heterocycles. The van der Waals surface area contributed by atoms with E-state index < -0.39 is 0 Å². The number of fused-ring (bicyclic) bond motifs is 1. The molecule has 31 heavy (non-hydrogen) atoms. The van der Waals surface area contributed by atoms with Gasteiger partial charge in [-0.15, -0.1) is 0 Å². The molecule has 0 aliphatic carbocycles. The molecule has 168 valence electrons. The van der Waals surface area contributed by atoms with Crippen LogP contribution in [0.5, 0.6) is 11.8 Å². The lowest BCUT2D eigenvalue weighted by Crippen LogP contribution is -2.24. The smallest absolute Gasteiger partial charge is 0.300 e. The van der Waals surface area contributed by atoms with Crippen molar-refractivity contribution in [1.82, 2.24) is 9.55 Å². The van der Waals surface area contributed by atoms with Crippen LogP contribution in [0.4, 0.5) is 0 Å². The molecule has 1 fully saturated rings. The van der Waals surface area contributed by atoms with Crippen LogP contribution in [-0.4, -0.2) is 41.8 Å². The van der Waals surface area contributed by atoms with Crippen molar-refractivity contribution in [3.8, 4) is 11.8 Å². The molecule has 1 saturated heterocycles. The Morgan fingerprint density at radius 3 is 2.71 bits per heavy atom. The molecule has 1 aromatic carbocycles. The second-order valence-electron chi connectivity index (χ2n) is 9.25. The third-order valence-electron chi connectivity index (χ3n) is 5.67. The number of hydrogen-bond acceptors (Lipinski definition) is 6. The molecule has 4 rings (SSSR count). The van der Waals surface area contributed by atoms with Crippen LogP contribution in [0.3, 0.4) is 0 Å². The Labute approximate surface area is 183 Å². The van der Waals surface area contributed by atoms with E-state index in [1.54, 1.807) is 0 Å². The van der Waals surface area contributed by atoms with Crippen molar-refractivity contribution < 1.29 is 18.9 Å². The molecular weight excluding hydrogens is 396 g/mol. The van der Waals surface area contributed by atoms with Gasteiger partial charge in [0.05, 0.1) is 13.2 Å². The van der Waals surface area contributed by atoms with Crippen LogP contribution in [0.2, 0.25) is 0 Å². The van der Waals surface area contributed by atoms with E-state index in [1.807, 2.05) is 22.9 Å². The molecule has 0 bridgehead atoms. The molecule has 0 radical (unpaired) electrons. The quantitative estimate of drug-likeness (QED) is 0.673. The zero-order chi connectivity index (χ0) is 21.8. The first-order valence-electron chi connectivity index (χ1n) is 11.1. The van der Waals surface area contributed by atoms with E-state index >= 15 is 0 Å². The largest absolute Gasteiger partial charge is 0.490 e. The SMILES string of the molecule is CC(C)(C)c1ccc(OCC2Cn3cc(CCO[C@H]4CCCCO4)c(=O)nc3O2)cc1. The zero-order valence-electron chi connectivity index (χ0n) is 18.6. The second-order valence-corrected chi connectivity index (χ2v) is 9.25. The highest BCUT2D eigenvalue weighted by atomic mass is 16.7. The van der Waals surface area contributed by atoms with Gasteiger partial charge in [-0.2, -0.15) is 4.98 Å². The lowest BCUT2D eigenvalue weighted by Gasteiger charge is -2.22. The van der Waals surface area contributed by atoms with Crippen molar-refractivity contribution in [2.75, 3.05) is 19.8 Å². The van der Waals surface area contributed by atoms with Crippen LogP contribution < -0.4 is 15.0 Å².